The summed E-state index contributed by atoms with van der Waals surface area (Å²) in [5.41, 5.74) is 14.2. The van der Waals surface area contributed by atoms with Crippen molar-refractivity contribution in [1.29, 1.82) is 0 Å². The average molecular weight is 592 g/mol. The van der Waals surface area contributed by atoms with E-state index in [1.165, 1.54) is 49.7 Å². The number of aryl methyl sites for hydroxylation is 1. The van der Waals surface area contributed by atoms with Crippen molar-refractivity contribution in [1.82, 2.24) is 0 Å². The van der Waals surface area contributed by atoms with Gasteiger partial charge in [-0.2, -0.15) is 0 Å². The minimum Gasteiger partial charge on any atom is -0.456 e. The first-order chi connectivity index (χ1) is 22.5. The van der Waals surface area contributed by atoms with Gasteiger partial charge in [-0.3, -0.25) is 0 Å². The van der Waals surface area contributed by atoms with E-state index < -0.39 is 0 Å². The van der Waals surface area contributed by atoms with Crippen molar-refractivity contribution in [3.8, 4) is 22.3 Å². The molecule has 1 heterocycles. The molecule has 0 fully saturated rings. The zero-order chi connectivity index (χ0) is 31.0. The maximum atomic E-state index is 6.27. The van der Waals surface area contributed by atoms with Crippen molar-refractivity contribution in [3.63, 3.8) is 0 Å². The lowest BCUT2D eigenvalue weighted by Gasteiger charge is -2.30. The van der Waals surface area contributed by atoms with Gasteiger partial charge in [-0.25, -0.2) is 0 Å². The van der Waals surface area contributed by atoms with E-state index in [0.717, 1.165) is 39.0 Å². The molecule has 2 nitrogen and oxygen atoms in total. The lowest BCUT2D eigenvalue weighted by Crippen LogP contribution is -2.17. The lowest BCUT2D eigenvalue weighted by molar-refractivity contribution is 0.660. The monoisotopic (exact) mass is 591 g/mol. The van der Waals surface area contributed by atoms with Crippen LogP contribution in [-0.4, -0.2) is 0 Å². The molecule has 1 aliphatic rings. The summed E-state index contributed by atoms with van der Waals surface area (Å²) >= 11 is 0. The summed E-state index contributed by atoms with van der Waals surface area (Å²) < 4.78 is 6.27. The third-order valence-electron chi connectivity index (χ3n) is 9.96. The largest absolute Gasteiger partial charge is 0.456 e. The Hall–Kier alpha value is -5.60. The second-order valence-electron chi connectivity index (χ2n) is 13.0. The van der Waals surface area contributed by atoms with Crippen LogP contribution in [0.25, 0.3) is 55.0 Å². The van der Waals surface area contributed by atoms with Crippen LogP contribution in [0.2, 0.25) is 0 Å². The summed E-state index contributed by atoms with van der Waals surface area (Å²) in [7, 11) is 0. The Balaban J connectivity index is 1.35. The molecule has 9 rings (SSSR count). The van der Waals surface area contributed by atoms with E-state index in [1.807, 2.05) is 12.1 Å². The number of anilines is 3. The summed E-state index contributed by atoms with van der Waals surface area (Å²) in [6.45, 7) is 6.95. The number of benzene rings is 7. The van der Waals surface area contributed by atoms with Crippen molar-refractivity contribution in [2.75, 3.05) is 4.90 Å². The van der Waals surface area contributed by atoms with Crippen molar-refractivity contribution >= 4 is 49.8 Å². The van der Waals surface area contributed by atoms with Gasteiger partial charge in [0.25, 0.3) is 0 Å². The standard InChI is InChI=1S/C44H33NO/c1-28-12-11-18-38-43(28)35-22-20-33(27-39(35)44(38,2)3)45(32-21-23-42-37(26-32)34-17-9-10-19-41(34)46-42)40-25-31-16-8-7-15-30(31)24-36(40)29-13-5-4-6-14-29/h4-27H,1-3H3. The van der Waals surface area contributed by atoms with Gasteiger partial charge in [0, 0.05) is 33.1 Å². The molecule has 2 heteroatoms. The van der Waals surface area contributed by atoms with Crippen LogP contribution in [0.4, 0.5) is 17.1 Å². The van der Waals surface area contributed by atoms with Crippen LogP contribution in [0.15, 0.2) is 150 Å². The molecule has 1 aromatic heterocycles. The SMILES string of the molecule is Cc1cccc2c1-c1ccc(N(c3ccc4oc5ccccc5c4c3)c3cc4ccccc4cc3-c3ccccc3)cc1C2(C)C. The van der Waals surface area contributed by atoms with Crippen LogP contribution in [0.3, 0.4) is 0 Å². The van der Waals surface area contributed by atoms with E-state index in [1.54, 1.807) is 0 Å². The molecule has 0 N–H and O–H groups in total. The maximum absolute atomic E-state index is 6.27. The number of para-hydroxylation sites is 1. The molecule has 0 aliphatic heterocycles. The summed E-state index contributed by atoms with van der Waals surface area (Å²) in [6.07, 6.45) is 0. The zero-order valence-electron chi connectivity index (χ0n) is 26.2. The Kier molecular flexibility index (Phi) is 5.79. The van der Waals surface area contributed by atoms with Gasteiger partial charge in [0.1, 0.15) is 11.2 Å². The molecule has 0 amide bonds. The van der Waals surface area contributed by atoms with Crippen molar-refractivity contribution in [2.45, 2.75) is 26.2 Å². The fourth-order valence-electron chi connectivity index (χ4n) is 7.64. The third-order valence-corrected chi connectivity index (χ3v) is 9.96. The Morgan fingerprint density at radius 1 is 0.522 bits per heavy atom. The molecule has 7 aromatic carbocycles. The Labute approximate surface area is 269 Å². The number of hydrogen-bond acceptors (Lipinski definition) is 2. The van der Waals surface area contributed by atoms with Gasteiger partial charge in [-0.1, -0.05) is 111 Å². The fraction of sp³-hybridized carbons (Fsp3) is 0.0909. The topological polar surface area (TPSA) is 16.4 Å². The van der Waals surface area contributed by atoms with E-state index in [4.69, 9.17) is 4.42 Å². The summed E-state index contributed by atoms with van der Waals surface area (Å²) in [5.74, 6) is 0. The normalized spacial score (nSPS) is 13.3. The molecular weight excluding hydrogens is 558 g/mol. The first kappa shape index (κ1) is 26.8. The van der Waals surface area contributed by atoms with E-state index in [9.17, 15) is 0 Å². The highest BCUT2D eigenvalue weighted by molar-refractivity contribution is 6.07. The number of hydrogen-bond donors (Lipinski definition) is 0. The molecule has 0 unspecified atom stereocenters. The Bertz CT molecular complexity index is 2470. The van der Waals surface area contributed by atoms with Gasteiger partial charge in [0.2, 0.25) is 0 Å². The van der Waals surface area contributed by atoms with Gasteiger partial charge < -0.3 is 9.32 Å². The Morgan fingerprint density at radius 3 is 2.07 bits per heavy atom. The van der Waals surface area contributed by atoms with Gasteiger partial charge in [0.05, 0.1) is 5.69 Å². The molecule has 0 spiro atoms. The maximum Gasteiger partial charge on any atom is 0.135 e. The molecular formula is C44H33NO. The molecule has 0 radical (unpaired) electrons. The van der Waals surface area contributed by atoms with E-state index in [0.29, 0.717) is 0 Å². The molecule has 46 heavy (non-hydrogen) atoms. The lowest BCUT2D eigenvalue weighted by atomic mass is 9.82. The second-order valence-corrected chi connectivity index (χ2v) is 13.0. The van der Waals surface area contributed by atoms with E-state index >= 15 is 0 Å². The van der Waals surface area contributed by atoms with Crippen molar-refractivity contribution in [3.05, 3.63) is 162 Å². The molecule has 1 aliphatic carbocycles. The van der Waals surface area contributed by atoms with Gasteiger partial charge in [-0.05, 0) is 99.6 Å². The molecule has 220 valence electrons. The summed E-state index contributed by atoms with van der Waals surface area (Å²) in [4.78, 5) is 2.45. The smallest absolute Gasteiger partial charge is 0.135 e. The quantitative estimate of drug-likeness (QED) is 0.202. The van der Waals surface area contributed by atoms with Gasteiger partial charge in [0.15, 0.2) is 0 Å². The Morgan fingerprint density at radius 2 is 1.22 bits per heavy atom. The highest BCUT2D eigenvalue weighted by Gasteiger charge is 2.37. The van der Waals surface area contributed by atoms with Crippen LogP contribution in [0, 0.1) is 6.92 Å². The van der Waals surface area contributed by atoms with Crippen LogP contribution in [-0.2, 0) is 5.41 Å². The predicted molar refractivity (Wildman–Crippen MR) is 194 cm³/mol. The summed E-state index contributed by atoms with van der Waals surface area (Å²) in [5, 5.41) is 4.68. The van der Waals surface area contributed by atoms with Crippen molar-refractivity contribution in [2.24, 2.45) is 0 Å². The zero-order valence-corrected chi connectivity index (χ0v) is 26.2. The molecule has 0 saturated carbocycles. The van der Waals surface area contributed by atoms with Crippen LogP contribution >= 0.6 is 0 Å². The second kappa shape index (κ2) is 9.95. The van der Waals surface area contributed by atoms with Crippen LogP contribution in [0.1, 0.15) is 30.5 Å². The van der Waals surface area contributed by atoms with E-state index in [2.05, 4.69) is 159 Å². The van der Waals surface area contributed by atoms with Crippen LogP contribution < -0.4 is 4.90 Å². The number of furan rings is 1. The highest BCUT2D eigenvalue weighted by Crippen LogP contribution is 2.52. The number of nitrogens with zero attached hydrogens (tertiary/aromatic N) is 1. The van der Waals surface area contributed by atoms with Crippen molar-refractivity contribution < 1.29 is 4.42 Å². The fourth-order valence-corrected chi connectivity index (χ4v) is 7.64. The molecule has 0 bridgehead atoms. The minimum atomic E-state index is -0.116. The van der Waals surface area contributed by atoms with E-state index in [-0.39, 0.29) is 5.41 Å². The van der Waals surface area contributed by atoms with Gasteiger partial charge in [-0.15, -0.1) is 0 Å². The number of rotatable bonds is 4. The molecule has 0 atom stereocenters. The first-order valence-electron chi connectivity index (χ1n) is 16.0. The molecule has 8 aromatic rings. The van der Waals surface area contributed by atoms with Gasteiger partial charge >= 0.3 is 0 Å². The molecule has 0 saturated heterocycles. The third kappa shape index (κ3) is 3.96. The van der Waals surface area contributed by atoms with Crippen LogP contribution in [0.5, 0.6) is 0 Å². The minimum absolute atomic E-state index is 0.116. The predicted octanol–water partition coefficient (Wildman–Crippen LogP) is 12.5. The average Bonchev–Trinajstić information content (AvgIpc) is 3.57. The number of fused-ring (bicyclic) bond motifs is 7. The summed E-state index contributed by atoms with van der Waals surface area (Å²) in [6, 6.07) is 52.8. The first-order valence-corrected chi connectivity index (χ1v) is 16.0. The highest BCUT2D eigenvalue weighted by atomic mass is 16.3.